The number of Topliss-reactive ketones (excluding diaryl/α,β-unsaturated/α-hetero) is 1. The summed E-state index contributed by atoms with van der Waals surface area (Å²) >= 11 is 5.19. The number of allylic oxidation sites excluding steroid dienone is 2. The van der Waals surface area contributed by atoms with E-state index >= 15 is 0 Å². The third-order valence-corrected chi connectivity index (χ3v) is 3.53. The Morgan fingerprint density at radius 3 is 2.40 bits per heavy atom. The van der Waals surface area contributed by atoms with Gasteiger partial charge in [0.25, 0.3) is 0 Å². The Morgan fingerprint density at radius 1 is 1.45 bits per heavy atom. The Hall–Kier alpha value is -1.56. The van der Waals surface area contributed by atoms with Crippen LogP contribution in [0.4, 0.5) is 4.79 Å². The molecule has 0 aromatic heterocycles. The van der Waals surface area contributed by atoms with Crippen molar-refractivity contribution in [3.8, 4) is 0 Å². The normalized spacial score (nSPS) is 25.0. The van der Waals surface area contributed by atoms with Crippen molar-refractivity contribution in [3.63, 3.8) is 0 Å². The number of aliphatic carboxylic acids is 1. The van der Waals surface area contributed by atoms with Gasteiger partial charge >= 0.3 is 12.0 Å². The SMILES string of the molecule is CNC(=O)NC(C(=O)O)C1CC=CCC1.O=C1CC1Cl. The van der Waals surface area contributed by atoms with Gasteiger partial charge in [0.05, 0.1) is 5.38 Å². The maximum Gasteiger partial charge on any atom is 0.326 e. The van der Waals surface area contributed by atoms with Crippen molar-refractivity contribution in [1.82, 2.24) is 10.6 Å². The summed E-state index contributed by atoms with van der Waals surface area (Å²) in [5, 5.41) is 13.7. The zero-order chi connectivity index (χ0) is 15.1. The van der Waals surface area contributed by atoms with Gasteiger partial charge < -0.3 is 15.7 Å². The number of carboxylic acid groups (broad SMARTS) is 1. The molecule has 2 aliphatic rings. The van der Waals surface area contributed by atoms with Crippen molar-refractivity contribution in [2.24, 2.45) is 5.92 Å². The summed E-state index contributed by atoms with van der Waals surface area (Å²) in [7, 11) is 1.47. The highest BCUT2D eigenvalue weighted by molar-refractivity contribution is 6.39. The highest BCUT2D eigenvalue weighted by Gasteiger charge is 2.31. The van der Waals surface area contributed by atoms with Crippen LogP contribution >= 0.6 is 11.6 Å². The molecule has 6 nitrogen and oxygen atoms in total. The van der Waals surface area contributed by atoms with E-state index in [0.717, 1.165) is 12.8 Å². The molecule has 20 heavy (non-hydrogen) atoms. The van der Waals surface area contributed by atoms with Gasteiger partial charge in [-0.2, -0.15) is 0 Å². The second-order valence-corrected chi connectivity index (χ2v) is 5.25. The van der Waals surface area contributed by atoms with Crippen molar-refractivity contribution < 1.29 is 19.5 Å². The van der Waals surface area contributed by atoms with Crippen LogP contribution in [0.3, 0.4) is 0 Å². The summed E-state index contributed by atoms with van der Waals surface area (Å²) in [6.07, 6.45) is 6.99. The number of amides is 2. The zero-order valence-electron chi connectivity index (χ0n) is 11.3. The van der Waals surface area contributed by atoms with E-state index in [-0.39, 0.29) is 17.1 Å². The number of urea groups is 1. The number of carboxylic acids is 1. The number of halogens is 1. The Bertz CT molecular complexity index is 411. The molecule has 0 spiro atoms. The molecule has 0 radical (unpaired) electrons. The van der Waals surface area contributed by atoms with Crippen LogP contribution in [0.15, 0.2) is 12.2 Å². The molecule has 0 aliphatic heterocycles. The molecule has 2 amide bonds. The quantitative estimate of drug-likeness (QED) is 0.541. The van der Waals surface area contributed by atoms with Gasteiger partial charge in [-0.15, -0.1) is 11.6 Å². The fourth-order valence-electron chi connectivity index (χ4n) is 1.83. The summed E-state index contributed by atoms with van der Waals surface area (Å²) in [5.74, 6) is -0.796. The molecule has 112 valence electrons. The first-order chi connectivity index (χ1) is 9.45. The first-order valence-electron chi connectivity index (χ1n) is 6.48. The van der Waals surface area contributed by atoms with Gasteiger partial charge in [0.1, 0.15) is 6.04 Å². The molecule has 2 aliphatic carbocycles. The third kappa shape index (κ3) is 5.61. The average Bonchev–Trinajstić information content (AvgIpc) is 3.10. The summed E-state index contributed by atoms with van der Waals surface area (Å²) in [4.78, 5) is 31.8. The van der Waals surface area contributed by atoms with Crippen LogP contribution in [0.2, 0.25) is 0 Å². The number of hydrogen-bond donors (Lipinski definition) is 3. The second-order valence-electron chi connectivity index (χ2n) is 4.72. The van der Waals surface area contributed by atoms with Crippen LogP contribution in [-0.4, -0.2) is 41.4 Å². The van der Waals surface area contributed by atoms with E-state index in [1.165, 1.54) is 7.05 Å². The van der Waals surface area contributed by atoms with E-state index < -0.39 is 18.0 Å². The van der Waals surface area contributed by atoms with Crippen LogP contribution < -0.4 is 10.6 Å². The molecule has 0 aromatic rings. The molecular weight excluding hydrogens is 284 g/mol. The molecule has 3 atom stereocenters. The van der Waals surface area contributed by atoms with E-state index in [2.05, 4.69) is 10.6 Å². The summed E-state index contributed by atoms with van der Waals surface area (Å²) < 4.78 is 0. The molecular formula is C13H19ClN2O4. The Morgan fingerprint density at radius 2 is 2.05 bits per heavy atom. The second kappa shape index (κ2) is 7.89. The van der Waals surface area contributed by atoms with Crippen LogP contribution in [0, 0.1) is 5.92 Å². The van der Waals surface area contributed by atoms with Gasteiger partial charge in [0.2, 0.25) is 0 Å². The number of rotatable bonds is 3. The van der Waals surface area contributed by atoms with Crippen molar-refractivity contribution in [2.75, 3.05) is 7.05 Å². The lowest BCUT2D eigenvalue weighted by molar-refractivity contribution is -0.140. The van der Waals surface area contributed by atoms with Crippen LogP contribution in [-0.2, 0) is 9.59 Å². The molecule has 3 unspecified atom stereocenters. The highest BCUT2D eigenvalue weighted by Crippen LogP contribution is 2.22. The maximum absolute atomic E-state index is 11.1. The summed E-state index contributed by atoms with van der Waals surface area (Å²) in [5.41, 5.74) is 0. The number of carbonyl (C=O) groups excluding carboxylic acids is 2. The molecule has 3 N–H and O–H groups in total. The molecule has 0 saturated heterocycles. The first kappa shape index (κ1) is 16.5. The summed E-state index contributed by atoms with van der Waals surface area (Å²) in [6, 6.07) is -1.24. The van der Waals surface area contributed by atoms with E-state index in [1.54, 1.807) is 0 Å². The lowest BCUT2D eigenvalue weighted by atomic mass is 9.88. The minimum Gasteiger partial charge on any atom is -0.480 e. The van der Waals surface area contributed by atoms with E-state index in [0.29, 0.717) is 12.8 Å². The van der Waals surface area contributed by atoms with Crippen LogP contribution in [0.5, 0.6) is 0 Å². The molecule has 2 rings (SSSR count). The van der Waals surface area contributed by atoms with Gasteiger partial charge in [0.15, 0.2) is 5.78 Å². The Balaban J connectivity index is 0.000000333. The molecule has 0 heterocycles. The van der Waals surface area contributed by atoms with Crippen LogP contribution in [0.1, 0.15) is 25.7 Å². The topological polar surface area (TPSA) is 95.5 Å². The Kier molecular flexibility index (Phi) is 6.51. The highest BCUT2D eigenvalue weighted by atomic mass is 35.5. The summed E-state index contributed by atoms with van der Waals surface area (Å²) in [6.45, 7) is 0. The predicted octanol–water partition coefficient (Wildman–Crippen LogP) is 1.29. The molecule has 0 aromatic carbocycles. The fraction of sp³-hybridized carbons (Fsp3) is 0.615. The number of ketones is 1. The minimum absolute atomic E-state index is 0.00944. The predicted molar refractivity (Wildman–Crippen MR) is 74.8 cm³/mol. The molecule has 0 bridgehead atoms. The van der Waals surface area contributed by atoms with E-state index in [4.69, 9.17) is 16.7 Å². The number of nitrogens with one attached hydrogen (secondary N) is 2. The monoisotopic (exact) mass is 302 g/mol. The minimum atomic E-state index is -0.973. The van der Waals surface area contributed by atoms with Gasteiger partial charge in [0, 0.05) is 13.5 Å². The standard InChI is InChI=1S/C10H16N2O3.C3H3ClO/c1-11-10(15)12-8(9(13)14)7-5-3-2-4-6-7;4-2-1-3(2)5/h2-3,7-8H,4-6H2,1H3,(H,13,14)(H2,11,12,15);2H,1H2. The first-order valence-corrected chi connectivity index (χ1v) is 6.92. The Labute approximate surface area is 122 Å². The lowest BCUT2D eigenvalue weighted by Gasteiger charge is -2.25. The van der Waals surface area contributed by atoms with Gasteiger partial charge in [-0.25, -0.2) is 9.59 Å². The van der Waals surface area contributed by atoms with Crippen molar-refractivity contribution in [3.05, 3.63) is 12.2 Å². The fourth-order valence-corrected chi connectivity index (χ4v) is 1.98. The van der Waals surface area contributed by atoms with Gasteiger partial charge in [-0.3, -0.25) is 4.79 Å². The largest absolute Gasteiger partial charge is 0.480 e. The van der Waals surface area contributed by atoms with Gasteiger partial charge in [-0.1, -0.05) is 12.2 Å². The number of hydrogen-bond acceptors (Lipinski definition) is 3. The lowest BCUT2D eigenvalue weighted by Crippen LogP contribution is -2.49. The molecule has 1 fully saturated rings. The molecule has 1 saturated carbocycles. The smallest absolute Gasteiger partial charge is 0.326 e. The van der Waals surface area contributed by atoms with Gasteiger partial charge in [-0.05, 0) is 25.2 Å². The van der Waals surface area contributed by atoms with E-state index in [1.807, 2.05) is 12.2 Å². The van der Waals surface area contributed by atoms with Crippen molar-refractivity contribution in [2.45, 2.75) is 37.1 Å². The van der Waals surface area contributed by atoms with E-state index in [9.17, 15) is 14.4 Å². The van der Waals surface area contributed by atoms with Crippen molar-refractivity contribution >= 4 is 29.4 Å². The number of carbonyl (C=O) groups is 3. The molecule has 7 heteroatoms. The maximum atomic E-state index is 11.1. The van der Waals surface area contributed by atoms with Crippen LogP contribution in [0.25, 0.3) is 0 Å². The zero-order valence-corrected chi connectivity index (χ0v) is 12.0. The average molecular weight is 303 g/mol. The van der Waals surface area contributed by atoms with Crippen molar-refractivity contribution in [1.29, 1.82) is 0 Å². The third-order valence-electron chi connectivity index (χ3n) is 3.13. The number of alkyl halides is 1.